The fourth-order valence-corrected chi connectivity index (χ4v) is 3.19. The molecule has 3 N–H and O–H groups in total. The van der Waals surface area contributed by atoms with Crippen LogP contribution in [0.4, 0.5) is 10.8 Å². The molecule has 0 aliphatic rings. The van der Waals surface area contributed by atoms with Crippen molar-refractivity contribution in [3.8, 4) is 0 Å². The van der Waals surface area contributed by atoms with E-state index in [0.29, 0.717) is 11.3 Å². The first-order chi connectivity index (χ1) is 14.1. The Morgan fingerprint density at radius 2 is 1.93 bits per heavy atom. The van der Waals surface area contributed by atoms with Crippen LogP contribution in [0.25, 0.3) is 0 Å². The molecule has 1 aromatic heterocycles. The first-order valence-electron chi connectivity index (χ1n) is 8.76. The molecule has 0 saturated heterocycles. The van der Waals surface area contributed by atoms with Crippen molar-refractivity contribution >= 4 is 40.0 Å². The molecule has 1 aromatic carbocycles. The number of esters is 1. The lowest BCUT2D eigenvalue weighted by atomic mass is 10.1. The Bertz CT molecular complexity index is 1050. The third kappa shape index (κ3) is 5.26. The highest BCUT2D eigenvalue weighted by Crippen LogP contribution is 2.27. The molecule has 0 unspecified atom stereocenters. The van der Waals surface area contributed by atoms with E-state index in [9.17, 15) is 24.6 Å². The van der Waals surface area contributed by atoms with Crippen molar-refractivity contribution in [2.24, 2.45) is 10.2 Å². The van der Waals surface area contributed by atoms with E-state index in [-0.39, 0.29) is 27.9 Å². The maximum Gasteiger partial charge on any atom is 0.350 e. The molecule has 1 heterocycles. The van der Waals surface area contributed by atoms with E-state index in [1.165, 1.54) is 13.0 Å². The van der Waals surface area contributed by atoms with Crippen LogP contribution in [0.3, 0.4) is 0 Å². The van der Waals surface area contributed by atoms with Gasteiger partial charge in [0.1, 0.15) is 16.3 Å². The highest BCUT2D eigenvalue weighted by Gasteiger charge is 2.20. The largest absolute Gasteiger partial charge is 0.510 e. The van der Waals surface area contributed by atoms with E-state index in [2.05, 4.69) is 20.5 Å². The van der Waals surface area contributed by atoms with Gasteiger partial charge in [-0.15, -0.1) is 10.2 Å². The van der Waals surface area contributed by atoms with Crippen LogP contribution in [0, 0.1) is 13.8 Å². The number of aromatic carboxylic acids is 1. The van der Waals surface area contributed by atoms with Gasteiger partial charge < -0.3 is 14.9 Å². The SMILES string of the molecule is CCOC(=O)c1sc(NC(=O)C(N=Nc2c(C)cccc2C(=O)O)=C(C)O)nc1C. The zero-order valence-electron chi connectivity index (χ0n) is 16.7. The van der Waals surface area contributed by atoms with Crippen LogP contribution in [0.5, 0.6) is 0 Å². The second-order valence-electron chi connectivity index (χ2n) is 6.02. The number of nitrogens with one attached hydrogen (secondary N) is 1. The van der Waals surface area contributed by atoms with Gasteiger partial charge in [-0.1, -0.05) is 23.5 Å². The summed E-state index contributed by atoms with van der Waals surface area (Å²) >= 11 is 0.916. The predicted molar refractivity (Wildman–Crippen MR) is 109 cm³/mol. The number of rotatable bonds is 7. The average molecular weight is 432 g/mol. The Morgan fingerprint density at radius 3 is 2.53 bits per heavy atom. The number of aryl methyl sites for hydroxylation is 2. The van der Waals surface area contributed by atoms with Gasteiger partial charge in [-0.05, 0) is 39.3 Å². The van der Waals surface area contributed by atoms with Gasteiger partial charge in [0.15, 0.2) is 10.8 Å². The summed E-state index contributed by atoms with van der Waals surface area (Å²) in [5, 5.41) is 29.3. The lowest BCUT2D eigenvalue weighted by Crippen LogP contribution is -2.14. The Balaban J connectivity index is 2.29. The summed E-state index contributed by atoms with van der Waals surface area (Å²) in [6.45, 7) is 6.35. The van der Waals surface area contributed by atoms with Crippen LogP contribution in [-0.2, 0) is 9.53 Å². The number of aromatic nitrogens is 1. The van der Waals surface area contributed by atoms with E-state index in [0.717, 1.165) is 11.3 Å². The van der Waals surface area contributed by atoms with Crippen molar-refractivity contribution in [2.45, 2.75) is 27.7 Å². The third-order valence-corrected chi connectivity index (χ3v) is 4.81. The summed E-state index contributed by atoms with van der Waals surface area (Å²) in [6.07, 6.45) is 0. The lowest BCUT2D eigenvalue weighted by Gasteiger charge is -2.05. The number of aliphatic hydroxyl groups is 1. The van der Waals surface area contributed by atoms with Gasteiger partial charge in [-0.2, -0.15) is 0 Å². The quantitative estimate of drug-likeness (QED) is 0.257. The van der Waals surface area contributed by atoms with E-state index in [1.807, 2.05) is 0 Å². The molecule has 158 valence electrons. The molecule has 11 heteroatoms. The van der Waals surface area contributed by atoms with Crippen LogP contribution in [0.2, 0.25) is 0 Å². The molecule has 1 amide bonds. The Morgan fingerprint density at radius 1 is 1.23 bits per heavy atom. The number of azo groups is 1. The molecule has 0 bridgehead atoms. The van der Waals surface area contributed by atoms with Crippen molar-refractivity contribution in [2.75, 3.05) is 11.9 Å². The number of carboxylic acid groups (broad SMARTS) is 1. The number of carboxylic acids is 1. The number of carbonyl (C=O) groups is 3. The zero-order chi connectivity index (χ0) is 22.4. The topological polar surface area (TPSA) is 151 Å². The van der Waals surface area contributed by atoms with Gasteiger partial charge in [0.25, 0.3) is 5.91 Å². The summed E-state index contributed by atoms with van der Waals surface area (Å²) in [5.74, 6) is -3.01. The second-order valence-corrected chi connectivity index (χ2v) is 7.02. The zero-order valence-corrected chi connectivity index (χ0v) is 17.5. The van der Waals surface area contributed by atoms with Crippen LogP contribution in [0.1, 0.15) is 45.1 Å². The molecule has 30 heavy (non-hydrogen) atoms. The fourth-order valence-electron chi connectivity index (χ4n) is 2.34. The van der Waals surface area contributed by atoms with Crippen molar-refractivity contribution in [3.63, 3.8) is 0 Å². The van der Waals surface area contributed by atoms with E-state index in [4.69, 9.17) is 4.74 Å². The fraction of sp³-hybridized carbons (Fsp3) is 0.263. The maximum absolute atomic E-state index is 12.5. The van der Waals surface area contributed by atoms with Crippen LogP contribution in [-0.4, -0.2) is 39.6 Å². The van der Waals surface area contributed by atoms with Crippen LogP contribution < -0.4 is 5.32 Å². The number of allylic oxidation sites excluding steroid dienone is 1. The molecule has 10 nitrogen and oxygen atoms in total. The van der Waals surface area contributed by atoms with Crippen LogP contribution >= 0.6 is 11.3 Å². The molecule has 0 saturated carbocycles. The second kappa shape index (κ2) is 9.74. The van der Waals surface area contributed by atoms with Crippen molar-refractivity contribution in [1.29, 1.82) is 0 Å². The number of carbonyl (C=O) groups excluding carboxylic acids is 2. The van der Waals surface area contributed by atoms with E-state index < -0.39 is 29.3 Å². The van der Waals surface area contributed by atoms with Gasteiger partial charge in [-0.25, -0.2) is 14.6 Å². The number of aliphatic hydroxyl groups excluding tert-OH is 1. The number of amides is 1. The first-order valence-corrected chi connectivity index (χ1v) is 9.57. The molecule has 2 rings (SSSR count). The number of hydrogen-bond acceptors (Lipinski definition) is 9. The van der Waals surface area contributed by atoms with Gasteiger partial charge in [-0.3, -0.25) is 10.1 Å². The minimum absolute atomic E-state index is 0.0613. The number of anilines is 1. The maximum atomic E-state index is 12.5. The minimum atomic E-state index is -1.20. The van der Waals surface area contributed by atoms with Gasteiger partial charge in [0.05, 0.1) is 17.9 Å². The predicted octanol–water partition coefficient (Wildman–Crippen LogP) is 4.15. The van der Waals surface area contributed by atoms with Gasteiger partial charge in [0, 0.05) is 0 Å². The smallest absolute Gasteiger partial charge is 0.350 e. The highest BCUT2D eigenvalue weighted by molar-refractivity contribution is 7.17. The Kier molecular flexibility index (Phi) is 7.37. The molecule has 0 fully saturated rings. The molecule has 0 atom stereocenters. The first kappa shape index (κ1) is 22.7. The summed E-state index contributed by atoms with van der Waals surface area (Å²) in [4.78, 5) is 40.2. The summed E-state index contributed by atoms with van der Waals surface area (Å²) in [5.41, 5.74) is 0.450. The number of nitrogens with zero attached hydrogens (tertiary/aromatic N) is 3. The highest BCUT2D eigenvalue weighted by atomic mass is 32.1. The molecular weight excluding hydrogens is 412 g/mol. The molecule has 0 aliphatic heterocycles. The van der Waals surface area contributed by atoms with Crippen LogP contribution in [0.15, 0.2) is 39.9 Å². The summed E-state index contributed by atoms with van der Waals surface area (Å²) in [7, 11) is 0. The standard InChI is InChI=1S/C19H20N4O6S/c1-5-29-18(28)15-10(3)20-19(30-15)21-16(25)14(11(4)24)23-22-13-9(2)7-6-8-12(13)17(26)27/h6-8,24H,5H2,1-4H3,(H,26,27)(H,20,21,25). The van der Waals surface area contributed by atoms with E-state index >= 15 is 0 Å². The molecule has 0 radical (unpaired) electrons. The number of thiazole rings is 1. The number of hydrogen-bond donors (Lipinski definition) is 3. The summed E-state index contributed by atoms with van der Waals surface area (Å²) < 4.78 is 4.93. The molecule has 0 aliphatic carbocycles. The van der Waals surface area contributed by atoms with Gasteiger partial charge >= 0.3 is 11.9 Å². The normalized spacial score (nSPS) is 11.9. The molecule has 0 spiro atoms. The number of ether oxygens (including phenoxy) is 1. The lowest BCUT2D eigenvalue weighted by molar-refractivity contribution is -0.113. The Hall–Kier alpha value is -3.60. The van der Waals surface area contributed by atoms with E-state index in [1.54, 1.807) is 32.9 Å². The summed E-state index contributed by atoms with van der Waals surface area (Å²) in [6, 6.07) is 4.56. The van der Waals surface area contributed by atoms with Crippen molar-refractivity contribution in [1.82, 2.24) is 4.98 Å². The average Bonchev–Trinajstić information content (AvgIpc) is 3.02. The molecular formula is C19H20N4O6S. The monoisotopic (exact) mass is 432 g/mol. The third-order valence-electron chi connectivity index (χ3n) is 3.75. The van der Waals surface area contributed by atoms with Crippen molar-refractivity contribution < 1.29 is 29.3 Å². The van der Waals surface area contributed by atoms with Crippen molar-refractivity contribution in [3.05, 3.63) is 51.4 Å². The molecule has 2 aromatic rings. The Labute approximate surface area is 175 Å². The number of benzene rings is 1. The van der Waals surface area contributed by atoms with Gasteiger partial charge in [0.2, 0.25) is 0 Å². The minimum Gasteiger partial charge on any atom is -0.510 e.